The van der Waals surface area contributed by atoms with Crippen LogP contribution in [0.5, 0.6) is 0 Å². The van der Waals surface area contributed by atoms with E-state index in [0.29, 0.717) is 0 Å². The molecule has 0 spiro atoms. The van der Waals surface area contributed by atoms with Gasteiger partial charge in [0, 0.05) is 12.6 Å². The van der Waals surface area contributed by atoms with E-state index in [0.717, 1.165) is 18.2 Å². The number of rotatable bonds is 5. The molecule has 2 N–H and O–H groups in total. The molecule has 0 saturated heterocycles. The van der Waals surface area contributed by atoms with E-state index in [9.17, 15) is 0 Å². The van der Waals surface area contributed by atoms with E-state index in [1.165, 1.54) is 19.3 Å². The Balaban J connectivity index is 2.00. The van der Waals surface area contributed by atoms with Crippen molar-refractivity contribution in [3.63, 3.8) is 0 Å². The Labute approximate surface area is 97.6 Å². The quantitative estimate of drug-likeness (QED) is 0.832. The predicted molar refractivity (Wildman–Crippen MR) is 65.1 cm³/mol. The second-order valence-corrected chi connectivity index (χ2v) is 5.06. The molecular weight excluding hydrogens is 200 g/mol. The minimum atomic E-state index is 0.0937. The van der Waals surface area contributed by atoms with Gasteiger partial charge in [0.05, 0.1) is 12.3 Å². The molecule has 1 fully saturated rings. The number of likely N-dealkylation sites (N-methyl/N-ethyl adjacent to an activating group) is 1. The van der Waals surface area contributed by atoms with E-state index in [-0.39, 0.29) is 12.1 Å². The average molecular weight is 222 g/mol. The fourth-order valence-electron chi connectivity index (χ4n) is 2.53. The summed E-state index contributed by atoms with van der Waals surface area (Å²) in [6, 6.07) is 4.25. The van der Waals surface area contributed by atoms with Gasteiger partial charge >= 0.3 is 0 Å². The Morgan fingerprint density at radius 3 is 2.75 bits per heavy atom. The van der Waals surface area contributed by atoms with Gasteiger partial charge in [0.15, 0.2) is 0 Å². The van der Waals surface area contributed by atoms with Gasteiger partial charge in [-0.2, -0.15) is 0 Å². The van der Waals surface area contributed by atoms with Crippen molar-refractivity contribution in [3.8, 4) is 0 Å². The summed E-state index contributed by atoms with van der Waals surface area (Å²) in [5.41, 5.74) is 6.06. The van der Waals surface area contributed by atoms with Crippen LogP contribution in [0.1, 0.15) is 38.0 Å². The van der Waals surface area contributed by atoms with Crippen LogP contribution in [-0.4, -0.2) is 24.5 Å². The van der Waals surface area contributed by atoms with Gasteiger partial charge in [0.1, 0.15) is 5.76 Å². The molecule has 0 aromatic carbocycles. The van der Waals surface area contributed by atoms with Crippen molar-refractivity contribution >= 4 is 0 Å². The standard InChI is InChI=1S/C13H22N2O/c1-10(14)13(12-7-4-8-16-12)15(2)9-11-5-3-6-11/h4,7-8,10-11,13H,3,5-6,9,14H2,1-2H3. The van der Waals surface area contributed by atoms with Crippen molar-refractivity contribution in [3.05, 3.63) is 24.2 Å². The van der Waals surface area contributed by atoms with Gasteiger partial charge < -0.3 is 10.2 Å². The fraction of sp³-hybridized carbons (Fsp3) is 0.692. The zero-order chi connectivity index (χ0) is 11.5. The molecule has 0 aliphatic heterocycles. The molecule has 1 heterocycles. The van der Waals surface area contributed by atoms with Gasteiger partial charge in [-0.05, 0) is 44.9 Å². The first-order valence-corrected chi connectivity index (χ1v) is 6.17. The highest BCUT2D eigenvalue weighted by atomic mass is 16.3. The molecular formula is C13H22N2O. The molecule has 1 aromatic rings. The third-order valence-corrected chi connectivity index (χ3v) is 3.58. The maximum atomic E-state index is 6.06. The molecule has 1 aliphatic rings. The summed E-state index contributed by atoms with van der Waals surface area (Å²) in [7, 11) is 2.15. The minimum absolute atomic E-state index is 0.0937. The molecule has 2 unspecified atom stereocenters. The van der Waals surface area contributed by atoms with Gasteiger partial charge in [-0.15, -0.1) is 0 Å². The Morgan fingerprint density at radius 1 is 1.56 bits per heavy atom. The monoisotopic (exact) mass is 222 g/mol. The number of hydrogen-bond acceptors (Lipinski definition) is 3. The van der Waals surface area contributed by atoms with Crippen molar-refractivity contribution in [2.75, 3.05) is 13.6 Å². The van der Waals surface area contributed by atoms with Crippen LogP contribution in [0.25, 0.3) is 0 Å². The lowest BCUT2D eigenvalue weighted by atomic mass is 9.84. The summed E-state index contributed by atoms with van der Waals surface area (Å²) in [5, 5.41) is 0. The zero-order valence-corrected chi connectivity index (χ0v) is 10.2. The van der Waals surface area contributed by atoms with Gasteiger partial charge in [-0.25, -0.2) is 0 Å². The fourth-order valence-corrected chi connectivity index (χ4v) is 2.53. The summed E-state index contributed by atoms with van der Waals surface area (Å²) in [6.07, 6.45) is 5.85. The lowest BCUT2D eigenvalue weighted by molar-refractivity contribution is 0.134. The summed E-state index contributed by atoms with van der Waals surface area (Å²) < 4.78 is 5.49. The first-order chi connectivity index (χ1) is 7.68. The molecule has 0 bridgehead atoms. The lowest BCUT2D eigenvalue weighted by Crippen LogP contribution is -2.40. The number of hydrogen-bond donors (Lipinski definition) is 1. The van der Waals surface area contributed by atoms with Crippen LogP contribution < -0.4 is 5.73 Å². The predicted octanol–water partition coefficient (Wildman–Crippen LogP) is 2.40. The summed E-state index contributed by atoms with van der Waals surface area (Å²) in [4.78, 5) is 2.34. The van der Waals surface area contributed by atoms with E-state index in [1.54, 1.807) is 6.26 Å². The third kappa shape index (κ3) is 2.47. The van der Waals surface area contributed by atoms with Crippen LogP contribution in [-0.2, 0) is 0 Å². The molecule has 16 heavy (non-hydrogen) atoms. The Bertz CT molecular complexity index is 304. The van der Waals surface area contributed by atoms with E-state index >= 15 is 0 Å². The molecule has 0 radical (unpaired) electrons. The molecule has 0 amide bonds. The number of furan rings is 1. The van der Waals surface area contributed by atoms with Crippen molar-refractivity contribution < 1.29 is 4.42 Å². The molecule has 2 atom stereocenters. The number of nitrogens with two attached hydrogens (primary N) is 1. The highest BCUT2D eigenvalue weighted by molar-refractivity contribution is 5.07. The molecule has 1 saturated carbocycles. The molecule has 3 heteroatoms. The maximum absolute atomic E-state index is 6.06. The second kappa shape index (κ2) is 5.02. The second-order valence-electron chi connectivity index (χ2n) is 5.06. The SMILES string of the molecule is CC(N)C(c1ccco1)N(C)CC1CCC1. The molecule has 1 aromatic heterocycles. The van der Waals surface area contributed by atoms with Crippen molar-refractivity contribution in [1.29, 1.82) is 0 Å². The Morgan fingerprint density at radius 2 is 2.31 bits per heavy atom. The van der Waals surface area contributed by atoms with Crippen LogP contribution in [0, 0.1) is 5.92 Å². The van der Waals surface area contributed by atoms with Crippen LogP contribution in [0.4, 0.5) is 0 Å². The van der Waals surface area contributed by atoms with Gasteiger partial charge in [-0.1, -0.05) is 6.42 Å². The summed E-state index contributed by atoms with van der Waals surface area (Å²) in [6.45, 7) is 3.18. The Kier molecular flexibility index (Phi) is 3.66. The third-order valence-electron chi connectivity index (χ3n) is 3.58. The van der Waals surface area contributed by atoms with E-state index in [1.807, 2.05) is 19.1 Å². The van der Waals surface area contributed by atoms with E-state index in [2.05, 4.69) is 11.9 Å². The largest absolute Gasteiger partial charge is 0.468 e. The van der Waals surface area contributed by atoms with Crippen LogP contribution in [0.2, 0.25) is 0 Å². The van der Waals surface area contributed by atoms with Crippen LogP contribution in [0.3, 0.4) is 0 Å². The van der Waals surface area contributed by atoms with Crippen LogP contribution in [0.15, 0.2) is 22.8 Å². The summed E-state index contributed by atoms with van der Waals surface area (Å²) in [5.74, 6) is 1.85. The highest BCUT2D eigenvalue weighted by Crippen LogP contribution is 2.30. The topological polar surface area (TPSA) is 42.4 Å². The molecule has 2 rings (SSSR count). The van der Waals surface area contributed by atoms with Crippen molar-refractivity contribution in [1.82, 2.24) is 4.90 Å². The van der Waals surface area contributed by atoms with Gasteiger partial charge in [0.2, 0.25) is 0 Å². The van der Waals surface area contributed by atoms with Gasteiger partial charge in [0.25, 0.3) is 0 Å². The van der Waals surface area contributed by atoms with Crippen molar-refractivity contribution in [2.24, 2.45) is 11.7 Å². The Hall–Kier alpha value is -0.800. The average Bonchev–Trinajstić information content (AvgIpc) is 2.64. The van der Waals surface area contributed by atoms with Gasteiger partial charge in [-0.3, -0.25) is 4.90 Å². The summed E-state index contributed by atoms with van der Waals surface area (Å²) >= 11 is 0. The normalized spacial score (nSPS) is 20.8. The zero-order valence-electron chi connectivity index (χ0n) is 10.2. The highest BCUT2D eigenvalue weighted by Gasteiger charge is 2.27. The smallest absolute Gasteiger partial charge is 0.122 e. The van der Waals surface area contributed by atoms with E-state index < -0.39 is 0 Å². The maximum Gasteiger partial charge on any atom is 0.122 e. The molecule has 1 aliphatic carbocycles. The van der Waals surface area contributed by atoms with E-state index in [4.69, 9.17) is 10.2 Å². The first kappa shape index (κ1) is 11.7. The molecule has 90 valence electrons. The van der Waals surface area contributed by atoms with Crippen LogP contribution >= 0.6 is 0 Å². The van der Waals surface area contributed by atoms with Crippen molar-refractivity contribution in [2.45, 2.75) is 38.3 Å². The lowest BCUT2D eigenvalue weighted by Gasteiger charge is -2.35. The first-order valence-electron chi connectivity index (χ1n) is 6.17. The minimum Gasteiger partial charge on any atom is -0.468 e. The number of nitrogens with zero attached hydrogens (tertiary/aromatic N) is 1. The molecule has 3 nitrogen and oxygen atoms in total.